The highest BCUT2D eigenvalue weighted by molar-refractivity contribution is 6.34. The molecule has 0 fully saturated rings. The number of anilines is 2. The summed E-state index contributed by atoms with van der Waals surface area (Å²) >= 11 is 6.25. The van der Waals surface area contributed by atoms with Crippen molar-refractivity contribution >= 4 is 39.8 Å². The van der Waals surface area contributed by atoms with Crippen LogP contribution in [0, 0.1) is 6.92 Å². The average Bonchev–Trinajstić information content (AvgIpc) is 3.07. The number of aromatic nitrogens is 5. The van der Waals surface area contributed by atoms with Gasteiger partial charge in [0, 0.05) is 30.2 Å². The van der Waals surface area contributed by atoms with Crippen molar-refractivity contribution < 1.29 is 0 Å². The van der Waals surface area contributed by atoms with E-state index < -0.39 is 0 Å². The van der Waals surface area contributed by atoms with E-state index in [-0.39, 0.29) is 0 Å². The third-order valence-corrected chi connectivity index (χ3v) is 4.10. The Morgan fingerprint density at radius 1 is 1.08 bits per heavy atom. The predicted molar refractivity (Wildman–Crippen MR) is 99.3 cm³/mol. The van der Waals surface area contributed by atoms with Crippen LogP contribution in [0.4, 0.5) is 11.6 Å². The number of benzene rings is 1. The zero-order valence-corrected chi connectivity index (χ0v) is 14.3. The van der Waals surface area contributed by atoms with E-state index >= 15 is 0 Å². The molecule has 8 heteroatoms. The Morgan fingerprint density at radius 2 is 1.92 bits per heavy atom. The van der Waals surface area contributed by atoms with Crippen LogP contribution in [0.2, 0.25) is 5.15 Å². The summed E-state index contributed by atoms with van der Waals surface area (Å²) in [6.07, 6.45) is 1.49. The normalized spacial score (nSPS) is 11.1. The van der Waals surface area contributed by atoms with Crippen molar-refractivity contribution in [3.8, 4) is 0 Å². The van der Waals surface area contributed by atoms with Crippen LogP contribution in [0.5, 0.6) is 0 Å². The second-order valence-electron chi connectivity index (χ2n) is 5.63. The summed E-state index contributed by atoms with van der Waals surface area (Å²) in [7, 11) is 0. The number of aryl methyl sites for hydroxylation is 1. The highest BCUT2D eigenvalue weighted by atomic mass is 35.5. The van der Waals surface area contributed by atoms with Gasteiger partial charge in [0.15, 0.2) is 0 Å². The summed E-state index contributed by atoms with van der Waals surface area (Å²) in [5.74, 6) is 2.19. The molecule has 0 aliphatic rings. The van der Waals surface area contributed by atoms with Gasteiger partial charge < -0.3 is 10.6 Å². The smallest absolute Gasteiger partial charge is 0.254 e. The minimum atomic E-state index is 0.502. The molecule has 0 radical (unpaired) electrons. The van der Waals surface area contributed by atoms with Gasteiger partial charge in [-0.05, 0) is 18.4 Å². The summed E-state index contributed by atoms with van der Waals surface area (Å²) in [4.78, 5) is 12.8. The molecule has 0 aliphatic heterocycles. The largest absolute Gasteiger partial charge is 0.368 e. The van der Waals surface area contributed by atoms with E-state index in [9.17, 15) is 0 Å². The second-order valence-corrected chi connectivity index (χ2v) is 5.99. The molecule has 0 unspecified atom stereocenters. The zero-order valence-electron chi connectivity index (χ0n) is 13.6. The maximum atomic E-state index is 6.25. The van der Waals surface area contributed by atoms with Gasteiger partial charge in [0.25, 0.3) is 5.78 Å². The van der Waals surface area contributed by atoms with E-state index in [1.165, 1.54) is 6.33 Å². The highest BCUT2D eigenvalue weighted by Gasteiger charge is 2.06. The molecule has 0 bridgehead atoms. The first kappa shape index (κ1) is 15.6. The molecule has 0 saturated heterocycles. The quantitative estimate of drug-likeness (QED) is 0.424. The Bertz CT molecular complexity index is 1040. The van der Waals surface area contributed by atoms with Gasteiger partial charge in [0.1, 0.15) is 23.1 Å². The number of nitrogens with one attached hydrogen (secondary N) is 2. The van der Waals surface area contributed by atoms with Crippen molar-refractivity contribution in [1.29, 1.82) is 0 Å². The summed E-state index contributed by atoms with van der Waals surface area (Å²) < 4.78 is 1.68. The molecule has 3 heterocycles. The van der Waals surface area contributed by atoms with Crippen LogP contribution >= 0.6 is 11.6 Å². The number of pyridine rings is 1. The summed E-state index contributed by atoms with van der Waals surface area (Å²) in [5.41, 5.74) is 0.888. The number of hydrogen-bond donors (Lipinski definition) is 2. The topological polar surface area (TPSA) is 80.0 Å². The molecule has 4 rings (SSSR count). The standard InChI is InChI=1S/C17H16ClN7/c1-11-8-15(25-17(23-11)21-10-22-25)20-7-6-19-14-9-12-4-2-3-5-13(12)16(18)24-14/h2-5,8-10,20H,6-7H2,1H3,(H,19,24). The second kappa shape index (κ2) is 6.52. The van der Waals surface area contributed by atoms with E-state index in [2.05, 4.69) is 30.7 Å². The maximum Gasteiger partial charge on any atom is 0.254 e. The molecule has 0 spiro atoms. The van der Waals surface area contributed by atoms with E-state index in [1.54, 1.807) is 4.52 Å². The van der Waals surface area contributed by atoms with Gasteiger partial charge in [-0.3, -0.25) is 0 Å². The van der Waals surface area contributed by atoms with Crippen molar-refractivity contribution in [2.24, 2.45) is 0 Å². The zero-order chi connectivity index (χ0) is 17.2. The van der Waals surface area contributed by atoms with E-state index in [4.69, 9.17) is 11.6 Å². The monoisotopic (exact) mass is 353 g/mol. The minimum Gasteiger partial charge on any atom is -0.368 e. The van der Waals surface area contributed by atoms with Gasteiger partial charge in [0.05, 0.1) is 0 Å². The molecule has 3 aromatic heterocycles. The molecular formula is C17H16ClN7. The molecular weight excluding hydrogens is 338 g/mol. The fourth-order valence-corrected chi connectivity index (χ4v) is 2.95. The van der Waals surface area contributed by atoms with E-state index in [0.717, 1.165) is 28.1 Å². The molecule has 4 aromatic rings. The van der Waals surface area contributed by atoms with E-state index in [1.807, 2.05) is 43.3 Å². The molecule has 0 saturated carbocycles. The van der Waals surface area contributed by atoms with Crippen LogP contribution < -0.4 is 10.6 Å². The summed E-state index contributed by atoms with van der Waals surface area (Å²) in [5, 5.41) is 13.3. The lowest BCUT2D eigenvalue weighted by atomic mass is 10.2. The van der Waals surface area contributed by atoms with Crippen LogP contribution in [-0.2, 0) is 0 Å². The lowest BCUT2D eigenvalue weighted by molar-refractivity contribution is 0.914. The van der Waals surface area contributed by atoms with E-state index in [0.29, 0.717) is 24.0 Å². The van der Waals surface area contributed by atoms with Crippen LogP contribution in [0.1, 0.15) is 5.69 Å². The van der Waals surface area contributed by atoms with Crippen LogP contribution in [0.25, 0.3) is 16.6 Å². The number of halogens is 1. The maximum absolute atomic E-state index is 6.25. The predicted octanol–water partition coefficient (Wildman–Crippen LogP) is 3.16. The van der Waals surface area contributed by atoms with Crippen molar-refractivity contribution in [1.82, 2.24) is 24.6 Å². The van der Waals surface area contributed by atoms with Crippen molar-refractivity contribution in [2.45, 2.75) is 6.92 Å². The number of hydrogen-bond acceptors (Lipinski definition) is 6. The van der Waals surface area contributed by atoms with Gasteiger partial charge in [-0.25, -0.2) is 9.97 Å². The Hall–Kier alpha value is -2.93. The first-order chi connectivity index (χ1) is 12.2. The molecule has 1 aromatic carbocycles. The van der Waals surface area contributed by atoms with Gasteiger partial charge in [-0.2, -0.15) is 14.6 Å². The number of nitrogens with zero attached hydrogens (tertiary/aromatic N) is 5. The van der Waals surface area contributed by atoms with Crippen LogP contribution in [0.3, 0.4) is 0 Å². The van der Waals surface area contributed by atoms with Gasteiger partial charge in [-0.1, -0.05) is 35.9 Å². The molecule has 25 heavy (non-hydrogen) atoms. The first-order valence-corrected chi connectivity index (χ1v) is 8.29. The Balaban J connectivity index is 1.43. The Kier molecular flexibility index (Phi) is 4.07. The minimum absolute atomic E-state index is 0.502. The number of rotatable bonds is 5. The third kappa shape index (κ3) is 3.18. The molecule has 126 valence electrons. The van der Waals surface area contributed by atoms with Crippen molar-refractivity contribution in [2.75, 3.05) is 23.7 Å². The molecule has 0 aliphatic carbocycles. The third-order valence-electron chi connectivity index (χ3n) is 3.81. The Labute approximate surface area is 149 Å². The van der Waals surface area contributed by atoms with Crippen molar-refractivity contribution in [3.05, 3.63) is 53.6 Å². The van der Waals surface area contributed by atoms with Crippen LogP contribution in [0.15, 0.2) is 42.7 Å². The lowest BCUT2D eigenvalue weighted by Gasteiger charge is -2.11. The molecule has 0 amide bonds. The fourth-order valence-electron chi connectivity index (χ4n) is 2.68. The highest BCUT2D eigenvalue weighted by Crippen LogP contribution is 2.24. The van der Waals surface area contributed by atoms with Gasteiger partial charge in [-0.15, -0.1) is 0 Å². The molecule has 0 atom stereocenters. The summed E-state index contributed by atoms with van der Waals surface area (Å²) in [6, 6.07) is 11.9. The Morgan fingerprint density at radius 3 is 2.84 bits per heavy atom. The lowest BCUT2D eigenvalue weighted by Crippen LogP contribution is -2.16. The molecule has 2 N–H and O–H groups in total. The van der Waals surface area contributed by atoms with Gasteiger partial charge in [0.2, 0.25) is 0 Å². The average molecular weight is 354 g/mol. The van der Waals surface area contributed by atoms with Crippen LogP contribution in [-0.4, -0.2) is 37.7 Å². The molecule has 7 nitrogen and oxygen atoms in total. The number of fused-ring (bicyclic) bond motifs is 2. The van der Waals surface area contributed by atoms with Crippen molar-refractivity contribution in [3.63, 3.8) is 0 Å². The van der Waals surface area contributed by atoms with Gasteiger partial charge >= 0.3 is 0 Å². The fraction of sp³-hybridized carbons (Fsp3) is 0.176. The first-order valence-electron chi connectivity index (χ1n) is 7.91. The summed E-state index contributed by atoms with van der Waals surface area (Å²) in [6.45, 7) is 3.29. The SMILES string of the molecule is Cc1cc(NCCNc2cc3ccccc3c(Cl)n2)n2ncnc2n1.